The molecule has 0 fully saturated rings. The van der Waals surface area contributed by atoms with Gasteiger partial charge in [-0.1, -0.05) is 13.8 Å². The number of primary amides is 1. The number of nitrogen functional groups attached to an aromatic ring is 1. The molecule has 7 nitrogen and oxygen atoms in total. The Kier molecular flexibility index (Phi) is 5.50. The Morgan fingerprint density at radius 2 is 1.95 bits per heavy atom. The molecule has 0 saturated carbocycles. The fraction of sp³-hybridized carbons (Fsp3) is 0.583. The molecule has 0 radical (unpaired) electrons. The van der Waals surface area contributed by atoms with Crippen LogP contribution < -0.4 is 22.3 Å². The minimum atomic E-state index is -0.298. The predicted octanol–water partition coefficient (Wildman–Crippen LogP) is 0.871. The molecule has 0 spiro atoms. The van der Waals surface area contributed by atoms with Gasteiger partial charge in [0.2, 0.25) is 5.91 Å². The third kappa shape index (κ3) is 4.36. The first-order valence-corrected chi connectivity index (χ1v) is 6.33. The summed E-state index contributed by atoms with van der Waals surface area (Å²) in [6.45, 7) is 6.54. The van der Waals surface area contributed by atoms with Crippen LogP contribution in [0.4, 0.5) is 11.6 Å². The first-order chi connectivity index (χ1) is 8.95. The number of rotatable bonds is 7. The van der Waals surface area contributed by atoms with Gasteiger partial charge < -0.3 is 16.5 Å². The molecule has 0 aromatic carbocycles. The fourth-order valence-electron chi connectivity index (χ4n) is 1.57. The second-order valence-corrected chi connectivity index (χ2v) is 4.70. The maximum Gasteiger partial charge on any atom is 0.217 e. The lowest BCUT2D eigenvalue weighted by molar-refractivity contribution is -0.118. The zero-order valence-corrected chi connectivity index (χ0v) is 11.7. The maximum atomic E-state index is 10.7. The van der Waals surface area contributed by atoms with Crippen LogP contribution in [0.5, 0.6) is 0 Å². The summed E-state index contributed by atoms with van der Waals surface area (Å²) in [5, 5.41) is 3.18. The van der Waals surface area contributed by atoms with Gasteiger partial charge in [0.1, 0.15) is 17.5 Å². The van der Waals surface area contributed by atoms with Crippen LogP contribution in [0.15, 0.2) is 0 Å². The van der Waals surface area contributed by atoms with E-state index in [1.165, 1.54) is 0 Å². The van der Waals surface area contributed by atoms with Gasteiger partial charge in [0, 0.05) is 24.4 Å². The van der Waals surface area contributed by atoms with Crippen LogP contribution in [-0.4, -0.2) is 22.4 Å². The van der Waals surface area contributed by atoms with Crippen LogP contribution in [-0.2, 0) is 4.79 Å². The first-order valence-electron chi connectivity index (χ1n) is 6.33. The van der Waals surface area contributed by atoms with Crippen molar-refractivity contribution in [3.63, 3.8) is 0 Å². The molecule has 0 aliphatic rings. The van der Waals surface area contributed by atoms with E-state index in [2.05, 4.69) is 20.7 Å². The minimum Gasteiger partial charge on any atom is -0.370 e. The minimum absolute atomic E-state index is 0.207. The molecule has 0 unspecified atom stereocenters. The van der Waals surface area contributed by atoms with Gasteiger partial charge >= 0.3 is 0 Å². The van der Waals surface area contributed by atoms with Crippen molar-refractivity contribution in [1.29, 1.82) is 0 Å². The maximum absolute atomic E-state index is 10.7. The second-order valence-electron chi connectivity index (χ2n) is 4.70. The molecule has 0 aliphatic heterocycles. The summed E-state index contributed by atoms with van der Waals surface area (Å²) in [5.74, 6) is 7.42. The van der Waals surface area contributed by atoms with Gasteiger partial charge in [0.25, 0.3) is 0 Å². The van der Waals surface area contributed by atoms with E-state index in [1.54, 1.807) is 0 Å². The van der Waals surface area contributed by atoms with E-state index >= 15 is 0 Å². The van der Waals surface area contributed by atoms with Gasteiger partial charge in [-0.3, -0.25) is 4.79 Å². The van der Waals surface area contributed by atoms with Crippen LogP contribution >= 0.6 is 0 Å². The molecule has 7 heteroatoms. The normalized spacial score (nSPS) is 10.6. The summed E-state index contributed by atoms with van der Waals surface area (Å²) in [6.07, 6.45) is 1.03. The van der Waals surface area contributed by atoms with Crippen molar-refractivity contribution in [3.05, 3.63) is 11.4 Å². The van der Waals surface area contributed by atoms with Crippen molar-refractivity contribution >= 4 is 17.5 Å². The van der Waals surface area contributed by atoms with E-state index in [-0.39, 0.29) is 11.8 Å². The van der Waals surface area contributed by atoms with E-state index in [4.69, 9.17) is 11.6 Å². The van der Waals surface area contributed by atoms with Gasteiger partial charge in [-0.15, -0.1) is 0 Å². The van der Waals surface area contributed by atoms with E-state index < -0.39 is 0 Å². The Morgan fingerprint density at radius 3 is 2.47 bits per heavy atom. The highest BCUT2D eigenvalue weighted by Gasteiger charge is 2.12. The number of nitrogens with one attached hydrogen (secondary N) is 2. The molecule has 6 N–H and O–H groups in total. The Morgan fingerprint density at radius 1 is 1.32 bits per heavy atom. The van der Waals surface area contributed by atoms with E-state index in [0.29, 0.717) is 25.2 Å². The average molecular weight is 266 g/mol. The number of amides is 1. The number of anilines is 2. The molecule has 0 bridgehead atoms. The Labute approximate surface area is 113 Å². The SMILES string of the molecule is Cc1c(NN)nc(C(C)C)nc1NCCCC(N)=O. The third-order valence-electron chi connectivity index (χ3n) is 2.71. The van der Waals surface area contributed by atoms with Crippen molar-refractivity contribution in [1.82, 2.24) is 9.97 Å². The molecule has 1 rings (SSSR count). The summed E-state index contributed by atoms with van der Waals surface area (Å²) in [4.78, 5) is 19.5. The van der Waals surface area contributed by atoms with E-state index in [9.17, 15) is 4.79 Å². The largest absolute Gasteiger partial charge is 0.370 e. The van der Waals surface area contributed by atoms with Crippen molar-refractivity contribution in [2.75, 3.05) is 17.3 Å². The first kappa shape index (κ1) is 15.2. The van der Waals surface area contributed by atoms with Crippen LogP contribution in [0.2, 0.25) is 0 Å². The van der Waals surface area contributed by atoms with E-state index in [0.717, 1.165) is 17.2 Å². The molecule has 19 heavy (non-hydrogen) atoms. The number of aromatic nitrogens is 2. The summed E-state index contributed by atoms with van der Waals surface area (Å²) >= 11 is 0. The Bertz CT molecular complexity index is 446. The van der Waals surface area contributed by atoms with Crippen molar-refractivity contribution in [3.8, 4) is 0 Å². The summed E-state index contributed by atoms with van der Waals surface area (Å²) < 4.78 is 0. The lowest BCUT2D eigenvalue weighted by Gasteiger charge is -2.14. The summed E-state index contributed by atoms with van der Waals surface area (Å²) in [5.41, 5.74) is 8.52. The lowest BCUT2D eigenvalue weighted by Crippen LogP contribution is -2.17. The summed E-state index contributed by atoms with van der Waals surface area (Å²) in [7, 11) is 0. The molecule has 1 heterocycles. The predicted molar refractivity (Wildman–Crippen MR) is 75.6 cm³/mol. The number of nitrogens with zero attached hydrogens (tertiary/aromatic N) is 2. The topological polar surface area (TPSA) is 119 Å². The van der Waals surface area contributed by atoms with Crippen LogP contribution in [0.1, 0.15) is 44.0 Å². The van der Waals surface area contributed by atoms with Crippen molar-refractivity contribution in [2.45, 2.75) is 39.5 Å². The summed E-state index contributed by atoms with van der Waals surface area (Å²) in [6, 6.07) is 0. The molecule has 1 aromatic heterocycles. The molecule has 1 aromatic rings. The van der Waals surface area contributed by atoms with Crippen LogP contribution in [0.25, 0.3) is 0 Å². The highest BCUT2D eigenvalue weighted by molar-refractivity contribution is 5.73. The molecule has 106 valence electrons. The molecule has 0 saturated heterocycles. The van der Waals surface area contributed by atoms with Crippen LogP contribution in [0, 0.1) is 6.92 Å². The fourth-order valence-corrected chi connectivity index (χ4v) is 1.57. The van der Waals surface area contributed by atoms with Gasteiger partial charge in [-0.25, -0.2) is 15.8 Å². The third-order valence-corrected chi connectivity index (χ3v) is 2.71. The number of carbonyl (C=O) groups excluding carboxylic acids is 1. The van der Waals surface area contributed by atoms with Gasteiger partial charge in [0.15, 0.2) is 0 Å². The van der Waals surface area contributed by atoms with Crippen molar-refractivity contribution < 1.29 is 4.79 Å². The highest BCUT2D eigenvalue weighted by atomic mass is 16.1. The number of hydrogen-bond acceptors (Lipinski definition) is 6. The monoisotopic (exact) mass is 266 g/mol. The molecule has 0 aliphatic carbocycles. The highest BCUT2D eigenvalue weighted by Crippen LogP contribution is 2.22. The number of nitrogens with two attached hydrogens (primary N) is 2. The van der Waals surface area contributed by atoms with Crippen LogP contribution in [0.3, 0.4) is 0 Å². The number of hydrogen-bond donors (Lipinski definition) is 4. The second kappa shape index (κ2) is 6.89. The lowest BCUT2D eigenvalue weighted by atomic mass is 10.2. The molecule has 0 atom stereocenters. The van der Waals surface area contributed by atoms with Gasteiger partial charge in [-0.05, 0) is 13.3 Å². The zero-order chi connectivity index (χ0) is 14.4. The number of hydrazine groups is 1. The zero-order valence-electron chi connectivity index (χ0n) is 11.7. The van der Waals surface area contributed by atoms with E-state index in [1.807, 2.05) is 20.8 Å². The molecular formula is C12H22N6O. The number of carbonyl (C=O) groups is 1. The van der Waals surface area contributed by atoms with Gasteiger partial charge in [-0.2, -0.15) is 0 Å². The quantitative estimate of drug-likeness (QED) is 0.330. The Hall–Kier alpha value is -1.89. The molecular weight excluding hydrogens is 244 g/mol. The molecule has 1 amide bonds. The smallest absolute Gasteiger partial charge is 0.217 e. The van der Waals surface area contributed by atoms with Crippen molar-refractivity contribution in [2.24, 2.45) is 11.6 Å². The Balaban J connectivity index is 2.80. The standard InChI is InChI=1S/C12H22N6O/c1-7(2)10-16-11(8(3)12(17-10)18-14)15-6-4-5-9(13)19/h7H,4-6,14H2,1-3H3,(H2,13,19)(H2,15,16,17,18). The average Bonchev–Trinajstić information content (AvgIpc) is 2.35. The van der Waals surface area contributed by atoms with Gasteiger partial charge in [0.05, 0.1) is 0 Å².